The Balaban J connectivity index is 1.64. The van der Waals surface area contributed by atoms with Gasteiger partial charge in [-0.25, -0.2) is 0 Å². The van der Waals surface area contributed by atoms with Gasteiger partial charge in [-0.05, 0) is 39.4 Å². The molecule has 2 aliphatic rings. The fraction of sp³-hybridized carbons (Fsp3) is 0.867. The summed E-state index contributed by atoms with van der Waals surface area (Å²) in [6.07, 6.45) is 2.45. The molecule has 0 aliphatic carbocycles. The highest BCUT2D eigenvalue weighted by molar-refractivity contribution is 5.03. The predicted octanol–water partition coefficient (Wildman–Crippen LogP) is 0.870. The zero-order valence-corrected chi connectivity index (χ0v) is 13.0. The van der Waals surface area contributed by atoms with Crippen molar-refractivity contribution in [2.75, 3.05) is 39.3 Å². The van der Waals surface area contributed by atoms with E-state index in [0.717, 1.165) is 19.6 Å². The summed E-state index contributed by atoms with van der Waals surface area (Å²) >= 11 is 0. The van der Waals surface area contributed by atoms with E-state index in [1.54, 1.807) is 0 Å². The molecule has 1 aromatic rings. The van der Waals surface area contributed by atoms with Gasteiger partial charge < -0.3 is 14.5 Å². The summed E-state index contributed by atoms with van der Waals surface area (Å²) in [7, 11) is 0. The van der Waals surface area contributed by atoms with Crippen LogP contribution in [-0.4, -0.2) is 70.4 Å². The highest BCUT2D eigenvalue weighted by atomic mass is 16.5. The smallest absolute Gasteiger partial charge is 0.231 e. The summed E-state index contributed by atoms with van der Waals surface area (Å²) in [5, 5.41) is 13.6. The predicted molar refractivity (Wildman–Crippen MR) is 79.1 cm³/mol. The second-order valence-electron chi connectivity index (χ2n) is 6.35. The van der Waals surface area contributed by atoms with Crippen molar-refractivity contribution >= 4 is 0 Å². The Morgan fingerprint density at radius 1 is 1.29 bits per heavy atom. The zero-order chi connectivity index (χ0) is 14.8. The van der Waals surface area contributed by atoms with E-state index in [0.29, 0.717) is 17.8 Å². The van der Waals surface area contributed by atoms with Crippen LogP contribution in [0.1, 0.15) is 37.4 Å². The van der Waals surface area contributed by atoms with Crippen LogP contribution in [0.25, 0.3) is 0 Å². The van der Waals surface area contributed by atoms with Gasteiger partial charge in [0.05, 0.1) is 5.92 Å². The van der Waals surface area contributed by atoms with Crippen LogP contribution >= 0.6 is 0 Å². The van der Waals surface area contributed by atoms with Crippen molar-refractivity contribution in [3.05, 3.63) is 11.7 Å². The molecule has 0 saturated carbocycles. The molecule has 0 aromatic carbocycles. The number of rotatable bonds is 4. The number of aromatic nitrogens is 2. The Labute approximate surface area is 126 Å². The minimum absolute atomic E-state index is 0.181. The van der Waals surface area contributed by atoms with Crippen LogP contribution in [0.4, 0.5) is 0 Å². The van der Waals surface area contributed by atoms with E-state index in [4.69, 9.17) is 4.52 Å². The highest BCUT2D eigenvalue weighted by Gasteiger charge is 2.40. The molecule has 6 nitrogen and oxygen atoms in total. The van der Waals surface area contributed by atoms with Crippen LogP contribution in [0.15, 0.2) is 4.52 Å². The third-order valence-electron chi connectivity index (χ3n) is 5.08. The van der Waals surface area contributed by atoms with E-state index in [-0.39, 0.29) is 18.4 Å². The Kier molecular flexibility index (Phi) is 4.57. The molecule has 2 fully saturated rings. The molecule has 2 atom stereocenters. The minimum Gasteiger partial charge on any atom is -0.396 e. The lowest BCUT2D eigenvalue weighted by Crippen LogP contribution is -2.44. The Morgan fingerprint density at radius 3 is 2.62 bits per heavy atom. The second-order valence-corrected chi connectivity index (χ2v) is 6.35. The maximum absolute atomic E-state index is 9.68. The average Bonchev–Trinajstić information content (AvgIpc) is 3.13. The van der Waals surface area contributed by atoms with Gasteiger partial charge in [0.1, 0.15) is 0 Å². The van der Waals surface area contributed by atoms with Gasteiger partial charge in [0, 0.05) is 31.7 Å². The largest absolute Gasteiger partial charge is 0.396 e. The lowest BCUT2D eigenvalue weighted by atomic mass is 9.97. The van der Waals surface area contributed by atoms with Crippen molar-refractivity contribution in [1.29, 1.82) is 0 Å². The number of aliphatic hydroxyl groups is 1. The van der Waals surface area contributed by atoms with Gasteiger partial charge in [0.2, 0.25) is 5.89 Å². The van der Waals surface area contributed by atoms with Crippen molar-refractivity contribution in [2.24, 2.45) is 5.92 Å². The normalized spacial score (nSPS) is 29.3. The number of hydrogen-bond donors (Lipinski definition) is 1. The number of hydrogen-bond acceptors (Lipinski definition) is 6. The fourth-order valence-corrected chi connectivity index (χ4v) is 3.73. The maximum Gasteiger partial charge on any atom is 0.231 e. The molecule has 6 heteroatoms. The molecule has 0 bridgehead atoms. The number of aryl methyl sites for hydroxylation is 1. The highest BCUT2D eigenvalue weighted by Crippen LogP contribution is 2.34. The van der Waals surface area contributed by atoms with Crippen LogP contribution < -0.4 is 0 Å². The third kappa shape index (κ3) is 3.12. The van der Waals surface area contributed by atoms with Gasteiger partial charge in [0.15, 0.2) is 5.82 Å². The molecule has 0 radical (unpaired) electrons. The standard InChI is InChI=1S/C15H26N4O2/c1-3-18-6-4-13(5-7-18)19-8-12(10-20)14(9-19)15-16-11(2)17-21-15/h12-14,20H,3-10H2,1-2H3/t12-,14+/m0/s1. The monoisotopic (exact) mass is 294 g/mol. The molecule has 1 aromatic heterocycles. The van der Waals surface area contributed by atoms with Gasteiger partial charge in [-0.1, -0.05) is 12.1 Å². The summed E-state index contributed by atoms with van der Waals surface area (Å²) in [4.78, 5) is 9.41. The lowest BCUT2D eigenvalue weighted by Gasteiger charge is -2.36. The molecule has 21 heavy (non-hydrogen) atoms. The Morgan fingerprint density at radius 2 is 2.05 bits per heavy atom. The molecular weight excluding hydrogens is 268 g/mol. The molecule has 0 amide bonds. The van der Waals surface area contributed by atoms with Gasteiger partial charge in [-0.2, -0.15) is 4.98 Å². The molecule has 1 N–H and O–H groups in total. The van der Waals surface area contributed by atoms with E-state index >= 15 is 0 Å². The van der Waals surface area contributed by atoms with Crippen molar-refractivity contribution < 1.29 is 9.63 Å². The molecule has 118 valence electrons. The van der Waals surface area contributed by atoms with Crippen molar-refractivity contribution in [2.45, 2.75) is 38.6 Å². The Bertz CT molecular complexity index is 456. The second kappa shape index (κ2) is 6.42. The van der Waals surface area contributed by atoms with Crippen molar-refractivity contribution in [1.82, 2.24) is 19.9 Å². The number of aliphatic hydroxyl groups excluding tert-OH is 1. The molecule has 3 rings (SSSR count). The first kappa shape index (κ1) is 14.9. The summed E-state index contributed by atoms with van der Waals surface area (Å²) in [6, 6.07) is 0.635. The van der Waals surface area contributed by atoms with E-state index in [1.165, 1.54) is 25.9 Å². The Hall–Kier alpha value is -0.980. The van der Waals surface area contributed by atoms with Gasteiger partial charge in [0.25, 0.3) is 0 Å². The minimum atomic E-state index is 0.181. The van der Waals surface area contributed by atoms with E-state index in [9.17, 15) is 5.11 Å². The first-order valence-corrected chi connectivity index (χ1v) is 8.08. The quantitative estimate of drug-likeness (QED) is 0.889. The number of likely N-dealkylation sites (tertiary alicyclic amines) is 2. The number of piperidine rings is 1. The van der Waals surface area contributed by atoms with Crippen LogP contribution in [0.5, 0.6) is 0 Å². The van der Waals surface area contributed by atoms with Gasteiger partial charge in [-0.15, -0.1) is 0 Å². The van der Waals surface area contributed by atoms with E-state index in [2.05, 4.69) is 26.9 Å². The molecule has 2 aliphatic heterocycles. The SMILES string of the molecule is CCN1CCC(N2C[C@@H](CO)[C@H](c3nc(C)no3)C2)CC1. The van der Waals surface area contributed by atoms with Crippen molar-refractivity contribution in [3.63, 3.8) is 0 Å². The fourth-order valence-electron chi connectivity index (χ4n) is 3.73. The van der Waals surface area contributed by atoms with Crippen LogP contribution in [-0.2, 0) is 0 Å². The summed E-state index contributed by atoms with van der Waals surface area (Å²) in [5.41, 5.74) is 0. The molecular formula is C15H26N4O2. The third-order valence-corrected chi connectivity index (χ3v) is 5.08. The summed E-state index contributed by atoms with van der Waals surface area (Å²) in [6.45, 7) is 9.66. The van der Waals surface area contributed by atoms with Crippen LogP contribution in [0, 0.1) is 12.8 Å². The van der Waals surface area contributed by atoms with Crippen LogP contribution in [0.3, 0.4) is 0 Å². The summed E-state index contributed by atoms with van der Waals surface area (Å²) < 4.78 is 5.34. The first-order chi connectivity index (χ1) is 10.2. The van der Waals surface area contributed by atoms with Crippen molar-refractivity contribution in [3.8, 4) is 0 Å². The molecule has 0 unspecified atom stereocenters. The molecule has 0 spiro atoms. The average molecular weight is 294 g/mol. The first-order valence-electron chi connectivity index (χ1n) is 8.08. The van der Waals surface area contributed by atoms with E-state index in [1.807, 2.05) is 6.92 Å². The maximum atomic E-state index is 9.68. The number of nitrogens with zero attached hydrogens (tertiary/aromatic N) is 4. The molecule has 2 saturated heterocycles. The van der Waals surface area contributed by atoms with Crippen LogP contribution in [0.2, 0.25) is 0 Å². The zero-order valence-electron chi connectivity index (χ0n) is 13.0. The van der Waals surface area contributed by atoms with E-state index < -0.39 is 0 Å². The summed E-state index contributed by atoms with van der Waals surface area (Å²) in [5.74, 6) is 1.77. The topological polar surface area (TPSA) is 65.6 Å². The van der Waals surface area contributed by atoms with Gasteiger partial charge in [-0.3, -0.25) is 4.90 Å². The lowest BCUT2D eigenvalue weighted by molar-refractivity contribution is 0.122. The molecule has 3 heterocycles. The van der Waals surface area contributed by atoms with Gasteiger partial charge >= 0.3 is 0 Å².